The Hall–Kier alpha value is -2.65. The highest BCUT2D eigenvalue weighted by Crippen LogP contribution is 2.41. The lowest BCUT2D eigenvalue weighted by atomic mass is 9.77. The van der Waals surface area contributed by atoms with Crippen molar-refractivity contribution >= 4 is 44.3 Å². The fraction of sp³-hybridized carbons (Fsp3) is 0.560. The van der Waals surface area contributed by atoms with E-state index in [1.807, 2.05) is 41.1 Å². The molecular formula is C25H33N5O3S. The SMILES string of the molecule is CNC(=O)Nc1sc2ccccc2c1C(=O)N1CCC(N2CCCC3(CCN(C)C3=O)C2)CC1. The Morgan fingerprint density at radius 2 is 1.85 bits per heavy atom. The van der Waals surface area contributed by atoms with Crippen molar-refractivity contribution in [3.8, 4) is 0 Å². The van der Waals surface area contributed by atoms with Crippen LogP contribution in [0.25, 0.3) is 10.1 Å². The van der Waals surface area contributed by atoms with Crippen molar-refractivity contribution < 1.29 is 14.4 Å². The van der Waals surface area contributed by atoms with Gasteiger partial charge in [0, 0.05) is 56.4 Å². The second-order valence-corrected chi connectivity index (χ2v) is 10.9. The van der Waals surface area contributed by atoms with E-state index >= 15 is 0 Å². The van der Waals surface area contributed by atoms with Gasteiger partial charge in [0.1, 0.15) is 5.00 Å². The van der Waals surface area contributed by atoms with E-state index in [1.54, 1.807) is 7.05 Å². The van der Waals surface area contributed by atoms with E-state index in [-0.39, 0.29) is 17.4 Å². The number of hydrogen-bond acceptors (Lipinski definition) is 5. The number of likely N-dealkylation sites (tertiary alicyclic amines) is 3. The predicted octanol–water partition coefficient (Wildman–Crippen LogP) is 3.20. The summed E-state index contributed by atoms with van der Waals surface area (Å²) in [5, 5.41) is 6.89. The van der Waals surface area contributed by atoms with Crippen molar-refractivity contribution in [2.45, 2.75) is 38.1 Å². The Morgan fingerprint density at radius 3 is 2.56 bits per heavy atom. The lowest BCUT2D eigenvalue weighted by Crippen LogP contribution is -2.54. The van der Waals surface area contributed by atoms with Crippen LogP contribution in [0.4, 0.5) is 9.80 Å². The Bertz CT molecular complexity index is 1110. The third kappa shape index (κ3) is 4.05. The molecule has 9 heteroatoms. The van der Waals surface area contributed by atoms with Gasteiger partial charge in [0.25, 0.3) is 5.91 Å². The summed E-state index contributed by atoms with van der Waals surface area (Å²) in [6, 6.07) is 7.87. The van der Waals surface area contributed by atoms with Crippen molar-refractivity contribution in [3.05, 3.63) is 29.8 Å². The maximum atomic E-state index is 13.6. The number of thiophene rings is 1. The molecule has 0 saturated carbocycles. The van der Waals surface area contributed by atoms with Crippen LogP contribution in [-0.2, 0) is 4.79 Å². The molecule has 4 heterocycles. The van der Waals surface area contributed by atoms with Gasteiger partial charge in [-0.15, -0.1) is 11.3 Å². The van der Waals surface area contributed by atoms with Gasteiger partial charge < -0.3 is 15.1 Å². The number of amides is 4. The standard InChI is InChI=1S/C25H33N5O3S/c1-26-24(33)27-21-20(18-6-3-4-7-19(18)34-21)22(31)29-13-8-17(9-14-29)30-12-5-10-25(16-30)11-15-28(2)23(25)32/h3-4,6-7,17H,5,8-16H2,1-2H3,(H2,26,27,33). The molecule has 3 aliphatic heterocycles. The summed E-state index contributed by atoms with van der Waals surface area (Å²) in [4.78, 5) is 44.8. The highest BCUT2D eigenvalue weighted by atomic mass is 32.1. The van der Waals surface area contributed by atoms with Gasteiger partial charge in [-0.25, -0.2) is 4.79 Å². The first-order valence-electron chi connectivity index (χ1n) is 12.2. The molecule has 4 amide bonds. The fourth-order valence-corrected chi connectivity index (χ4v) is 7.05. The van der Waals surface area contributed by atoms with Gasteiger partial charge in [-0.1, -0.05) is 18.2 Å². The average Bonchev–Trinajstić information content (AvgIpc) is 3.36. The van der Waals surface area contributed by atoms with Crippen LogP contribution in [-0.4, -0.2) is 85.4 Å². The fourth-order valence-electron chi connectivity index (χ4n) is 5.96. The maximum absolute atomic E-state index is 13.6. The minimum absolute atomic E-state index is 0.0231. The molecule has 3 fully saturated rings. The summed E-state index contributed by atoms with van der Waals surface area (Å²) < 4.78 is 0.983. The van der Waals surface area contributed by atoms with Gasteiger partial charge in [0.15, 0.2) is 0 Å². The van der Waals surface area contributed by atoms with Gasteiger partial charge >= 0.3 is 6.03 Å². The summed E-state index contributed by atoms with van der Waals surface area (Å²) >= 11 is 1.43. The molecule has 182 valence electrons. The summed E-state index contributed by atoms with van der Waals surface area (Å²) in [6.45, 7) is 4.12. The normalized spacial score (nSPS) is 24.2. The van der Waals surface area contributed by atoms with Gasteiger partial charge in [0.05, 0.1) is 11.0 Å². The lowest BCUT2D eigenvalue weighted by molar-refractivity contribution is -0.138. The number of fused-ring (bicyclic) bond motifs is 1. The number of nitrogens with zero attached hydrogens (tertiary/aromatic N) is 3. The first-order chi connectivity index (χ1) is 16.4. The maximum Gasteiger partial charge on any atom is 0.319 e. The predicted molar refractivity (Wildman–Crippen MR) is 134 cm³/mol. The van der Waals surface area contributed by atoms with E-state index in [9.17, 15) is 14.4 Å². The third-order valence-electron chi connectivity index (χ3n) is 7.86. The quantitative estimate of drug-likeness (QED) is 0.702. The van der Waals surface area contributed by atoms with Crippen molar-refractivity contribution in [1.82, 2.24) is 20.0 Å². The van der Waals surface area contributed by atoms with Gasteiger partial charge in [-0.2, -0.15) is 0 Å². The largest absolute Gasteiger partial charge is 0.345 e. The number of urea groups is 1. The minimum Gasteiger partial charge on any atom is -0.345 e. The van der Waals surface area contributed by atoms with Crippen LogP contribution in [0.1, 0.15) is 42.5 Å². The molecule has 2 N–H and O–H groups in total. The molecule has 34 heavy (non-hydrogen) atoms. The molecule has 1 unspecified atom stereocenters. The summed E-state index contributed by atoms with van der Waals surface area (Å²) in [5.74, 6) is 0.287. The van der Waals surface area contributed by atoms with Crippen LogP contribution in [0.3, 0.4) is 0 Å². The van der Waals surface area contributed by atoms with Crippen LogP contribution in [0.5, 0.6) is 0 Å². The molecule has 0 bridgehead atoms. The van der Waals surface area contributed by atoms with Crippen molar-refractivity contribution in [3.63, 3.8) is 0 Å². The zero-order valence-electron chi connectivity index (χ0n) is 19.9. The van der Waals surface area contributed by atoms with Crippen LogP contribution in [0.15, 0.2) is 24.3 Å². The highest BCUT2D eigenvalue weighted by Gasteiger charge is 2.48. The van der Waals surface area contributed by atoms with E-state index in [1.165, 1.54) is 11.3 Å². The van der Waals surface area contributed by atoms with Crippen LogP contribution in [0, 0.1) is 5.41 Å². The van der Waals surface area contributed by atoms with E-state index < -0.39 is 0 Å². The summed E-state index contributed by atoms with van der Waals surface area (Å²) in [5.41, 5.74) is 0.384. The number of carbonyl (C=O) groups excluding carboxylic acids is 3. The van der Waals surface area contributed by atoms with E-state index in [2.05, 4.69) is 15.5 Å². The molecule has 3 aliphatic rings. The number of anilines is 1. The highest BCUT2D eigenvalue weighted by molar-refractivity contribution is 7.23. The smallest absolute Gasteiger partial charge is 0.319 e. The third-order valence-corrected chi connectivity index (χ3v) is 8.95. The zero-order valence-corrected chi connectivity index (χ0v) is 20.7. The summed E-state index contributed by atoms with van der Waals surface area (Å²) in [6.07, 6.45) is 4.84. The molecule has 5 rings (SSSR count). The number of nitrogens with one attached hydrogen (secondary N) is 2. The number of piperidine rings is 2. The Morgan fingerprint density at radius 1 is 1.09 bits per heavy atom. The molecule has 8 nitrogen and oxygen atoms in total. The monoisotopic (exact) mass is 483 g/mol. The number of carbonyl (C=O) groups is 3. The van der Waals surface area contributed by atoms with Crippen LogP contribution < -0.4 is 10.6 Å². The second kappa shape index (κ2) is 9.19. The molecule has 1 atom stereocenters. The first-order valence-corrected chi connectivity index (χ1v) is 13.0. The molecule has 1 aromatic heterocycles. The van der Waals surface area contributed by atoms with E-state index in [0.29, 0.717) is 35.6 Å². The lowest BCUT2D eigenvalue weighted by Gasteiger charge is -2.45. The number of benzene rings is 1. The second-order valence-electron chi connectivity index (χ2n) is 9.86. The Labute approximate surface area is 204 Å². The van der Waals surface area contributed by atoms with Crippen molar-refractivity contribution in [2.75, 3.05) is 52.1 Å². The average molecular weight is 484 g/mol. The van der Waals surface area contributed by atoms with E-state index in [4.69, 9.17) is 0 Å². The molecule has 0 radical (unpaired) electrons. The molecule has 1 aromatic carbocycles. The number of rotatable bonds is 3. The summed E-state index contributed by atoms with van der Waals surface area (Å²) in [7, 11) is 3.48. The number of hydrogen-bond donors (Lipinski definition) is 2. The Balaban J connectivity index is 1.29. The van der Waals surface area contributed by atoms with Crippen LogP contribution in [0.2, 0.25) is 0 Å². The molecule has 3 saturated heterocycles. The topological polar surface area (TPSA) is 85.0 Å². The van der Waals surface area contributed by atoms with Gasteiger partial charge in [0.2, 0.25) is 5.91 Å². The Kier molecular flexibility index (Phi) is 6.24. The molecular weight excluding hydrogens is 450 g/mol. The molecule has 2 aromatic rings. The van der Waals surface area contributed by atoms with Gasteiger partial charge in [-0.05, 0) is 44.7 Å². The molecule has 0 aliphatic carbocycles. The van der Waals surface area contributed by atoms with Crippen molar-refractivity contribution in [1.29, 1.82) is 0 Å². The van der Waals surface area contributed by atoms with Crippen LogP contribution >= 0.6 is 11.3 Å². The minimum atomic E-state index is -0.328. The van der Waals surface area contributed by atoms with Gasteiger partial charge in [-0.3, -0.25) is 19.8 Å². The molecule has 1 spiro atoms. The first kappa shape index (κ1) is 23.1. The van der Waals surface area contributed by atoms with E-state index in [0.717, 1.165) is 61.8 Å². The van der Waals surface area contributed by atoms with Crippen molar-refractivity contribution in [2.24, 2.45) is 5.41 Å². The zero-order chi connectivity index (χ0) is 23.9.